The molecule has 52 heavy (non-hydrogen) atoms. The molecule has 0 radical (unpaired) electrons. The first-order valence-electron chi connectivity index (χ1n) is 17.8. The summed E-state index contributed by atoms with van der Waals surface area (Å²) in [5, 5.41) is 11.1. The fourth-order valence-electron chi connectivity index (χ4n) is 8.43. The van der Waals surface area contributed by atoms with Gasteiger partial charge in [-0.15, -0.1) is 11.3 Å². The molecule has 0 saturated carbocycles. The minimum atomic E-state index is 0.906. The molecule has 1 nitrogen and oxygen atoms in total. The lowest BCUT2D eigenvalue weighted by Crippen LogP contribution is -1.91. The van der Waals surface area contributed by atoms with E-state index in [4.69, 9.17) is 4.42 Å². The van der Waals surface area contributed by atoms with Crippen molar-refractivity contribution in [2.75, 3.05) is 0 Å². The highest BCUT2D eigenvalue weighted by atomic mass is 32.1. The van der Waals surface area contributed by atoms with Gasteiger partial charge in [-0.25, -0.2) is 0 Å². The van der Waals surface area contributed by atoms with Crippen LogP contribution < -0.4 is 0 Å². The molecule has 0 atom stereocenters. The highest BCUT2D eigenvalue weighted by molar-refractivity contribution is 7.24. The summed E-state index contributed by atoms with van der Waals surface area (Å²) in [6.45, 7) is 0. The van der Waals surface area contributed by atoms with Crippen molar-refractivity contribution >= 4 is 75.7 Å². The van der Waals surface area contributed by atoms with Crippen molar-refractivity contribution < 1.29 is 4.42 Å². The van der Waals surface area contributed by atoms with Gasteiger partial charge < -0.3 is 4.42 Å². The van der Waals surface area contributed by atoms with Crippen LogP contribution in [0.2, 0.25) is 0 Å². The van der Waals surface area contributed by atoms with E-state index in [1.54, 1.807) is 0 Å². The first-order valence-corrected chi connectivity index (χ1v) is 18.6. The molecule has 2 heteroatoms. The minimum Gasteiger partial charge on any atom is -0.456 e. The number of hydrogen-bond acceptors (Lipinski definition) is 2. The summed E-state index contributed by atoms with van der Waals surface area (Å²) in [4.78, 5) is 1.28. The van der Waals surface area contributed by atoms with E-state index in [-0.39, 0.29) is 0 Å². The number of rotatable bonds is 4. The molecule has 2 heterocycles. The maximum atomic E-state index is 6.61. The van der Waals surface area contributed by atoms with Gasteiger partial charge in [-0.05, 0) is 90.0 Å². The average molecular weight is 679 g/mol. The third kappa shape index (κ3) is 4.35. The predicted octanol–water partition coefficient (Wildman–Crippen LogP) is 14.9. The van der Waals surface area contributed by atoms with Gasteiger partial charge in [0.1, 0.15) is 11.2 Å². The van der Waals surface area contributed by atoms with Crippen LogP contribution >= 0.6 is 11.3 Å². The highest BCUT2D eigenvalue weighted by Gasteiger charge is 2.22. The zero-order chi connectivity index (χ0) is 34.2. The minimum absolute atomic E-state index is 0.906. The number of fused-ring (bicyclic) bond motifs is 8. The molecule has 242 valence electrons. The van der Waals surface area contributed by atoms with Gasteiger partial charge >= 0.3 is 0 Å². The SMILES string of the molecule is c1ccc(-c2sc3c(ccc4oc5ccc(-c6c7ccccc7c(-c7cccc8ccccc78)c7ccccc67)cc5c43)c2-c2ccccc2)cc1. The van der Waals surface area contributed by atoms with Crippen LogP contribution in [-0.2, 0) is 0 Å². The Labute approximate surface area is 304 Å². The first kappa shape index (κ1) is 29.3. The van der Waals surface area contributed by atoms with Crippen LogP contribution in [0.5, 0.6) is 0 Å². The Morgan fingerprint density at radius 2 is 0.923 bits per heavy atom. The molecule has 0 bridgehead atoms. The number of thiophene rings is 1. The molecule has 9 aromatic carbocycles. The van der Waals surface area contributed by atoms with Crippen LogP contribution in [0.1, 0.15) is 0 Å². The van der Waals surface area contributed by atoms with Gasteiger partial charge in [-0.2, -0.15) is 0 Å². The monoisotopic (exact) mass is 678 g/mol. The molecule has 0 fully saturated rings. The van der Waals surface area contributed by atoms with E-state index in [2.05, 4.69) is 182 Å². The van der Waals surface area contributed by atoms with E-state index in [9.17, 15) is 0 Å². The van der Waals surface area contributed by atoms with Gasteiger partial charge in [0.2, 0.25) is 0 Å². The Balaban J connectivity index is 1.21. The molecule has 0 N–H and O–H groups in total. The standard InChI is InChI=1S/C50H30OS/c1-3-15-32(16-4-1)46-41-27-29-44-48(50(41)52-49(46)33-17-5-2-6-18-33)42-30-34(26-28-43(42)51-44)45-37-21-9-11-23-39(37)47(40-24-12-10-22-38(40)45)36-25-13-19-31-14-7-8-20-35(31)36/h1-30H. The van der Waals surface area contributed by atoms with Crippen molar-refractivity contribution in [1.29, 1.82) is 0 Å². The Hall–Kier alpha value is -6.48. The Morgan fingerprint density at radius 3 is 1.63 bits per heavy atom. The zero-order valence-corrected chi connectivity index (χ0v) is 29.0. The predicted molar refractivity (Wildman–Crippen MR) is 223 cm³/mol. The largest absolute Gasteiger partial charge is 0.456 e. The summed E-state index contributed by atoms with van der Waals surface area (Å²) in [7, 11) is 0. The third-order valence-corrected chi connectivity index (χ3v) is 11.9. The van der Waals surface area contributed by atoms with Crippen molar-refractivity contribution in [1.82, 2.24) is 0 Å². The maximum Gasteiger partial charge on any atom is 0.136 e. The second-order valence-corrected chi connectivity index (χ2v) is 14.6. The highest BCUT2D eigenvalue weighted by Crippen LogP contribution is 2.50. The lowest BCUT2D eigenvalue weighted by atomic mass is 9.84. The second kappa shape index (κ2) is 11.5. The molecule has 0 spiro atoms. The van der Waals surface area contributed by atoms with Crippen LogP contribution in [0.3, 0.4) is 0 Å². The molecular weight excluding hydrogens is 649 g/mol. The fourth-order valence-corrected chi connectivity index (χ4v) is 9.81. The van der Waals surface area contributed by atoms with Gasteiger partial charge in [0.25, 0.3) is 0 Å². The van der Waals surface area contributed by atoms with Gasteiger partial charge in [0.05, 0.1) is 0 Å². The molecule has 0 amide bonds. The Bertz CT molecular complexity index is 3100. The summed E-state index contributed by atoms with van der Waals surface area (Å²) in [5.74, 6) is 0. The van der Waals surface area contributed by atoms with Gasteiger partial charge in [0, 0.05) is 31.3 Å². The Kier molecular flexibility index (Phi) is 6.49. The van der Waals surface area contributed by atoms with E-state index in [1.807, 2.05) is 11.3 Å². The summed E-state index contributed by atoms with van der Waals surface area (Å²) < 4.78 is 7.87. The molecule has 0 aliphatic rings. The first-order chi connectivity index (χ1) is 25.8. The molecule has 11 aromatic rings. The van der Waals surface area contributed by atoms with Gasteiger partial charge in [-0.1, -0.05) is 158 Å². The van der Waals surface area contributed by atoms with Crippen molar-refractivity contribution in [2.24, 2.45) is 0 Å². The van der Waals surface area contributed by atoms with Crippen molar-refractivity contribution in [3.8, 4) is 43.8 Å². The van der Waals surface area contributed by atoms with E-state index >= 15 is 0 Å². The second-order valence-electron chi connectivity index (χ2n) is 13.5. The average Bonchev–Trinajstić information content (AvgIpc) is 3.79. The molecule has 11 rings (SSSR count). The molecule has 2 aromatic heterocycles. The summed E-state index contributed by atoms with van der Waals surface area (Å²) in [6.07, 6.45) is 0. The number of benzene rings is 9. The maximum absolute atomic E-state index is 6.61. The fraction of sp³-hybridized carbons (Fsp3) is 0. The summed E-state index contributed by atoms with van der Waals surface area (Å²) in [6, 6.07) is 66.0. The van der Waals surface area contributed by atoms with E-state index in [0.29, 0.717) is 0 Å². The molecule has 0 aliphatic carbocycles. The zero-order valence-electron chi connectivity index (χ0n) is 28.1. The van der Waals surface area contributed by atoms with E-state index < -0.39 is 0 Å². The quantitative estimate of drug-likeness (QED) is 0.169. The van der Waals surface area contributed by atoms with Crippen LogP contribution in [0.15, 0.2) is 186 Å². The third-order valence-electron chi connectivity index (χ3n) is 10.7. The molecule has 0 unspecified atom stereocenters. The van der Waals surface area contributed by atoms with Crippen LogP contribution in [0.4, 0.5) is 0 Å². The van der Waals surface area contributed by atoms with Crippen molar-refractivity contribution in [3.63, 3.8) is 0 Å². The molecule has 0 saturated heterocycles. The van der Waals surface area contributed by atoms with Gasteiger partial charge in [-0.3, -0.25) is 0 Å². The number of furan rings is 1. The van der Waals surface area contributed by atoms with Crippen molar-refractivity contribution in [3.05, 3.63) is 182 Å². The lowest BCUT2D eigenvalue weighted by molar-refractivity contribution is 0.669. The summed E-state index contributed by atoms with van der Waals surface area (Å²) in [5.41, 5.74) is 10.5. The van der Waals surface area contributed by atoms with E-state index in [1.165, 1.54) is 91.6 Å². The normalized spacial score (nSPS) is 11.8. The van der Waals surface area contributed by atoms with E-state index in [0.717, 1.165) is 16.6 Å². The smallest absolute Gasteiger partial charge is 0.136 e. The summed E-state index contributed by atoms with van der Waals surface area (Å²) >= 11 is 1.87. The Morgan fingerprint density at radius 1 is 0.346 bits per heavy atom. The van der Waals surface area contributed by atoms with Crippen molar-refractivity contribution in [2.45, 2.75) is 0 Å². The topological polar surface area (TPSA) is 13.1 Å². The van der Waals surface area contributed by atoms with Crippen LogP contribution in [0, 0.1) is 0 Å². The molecular formula is C50H30OS. The lowest BCUT2D eigenvalue weighted by Gasteiger charge is -2.18. The van der Waals surface area contributed by atoms with Crippen LogP contribution in [0.25, 0.3) is 108 Å². The van der Waals surface area contributed by atoms with Gasteiger partial charge in [0.15, 0.2) is 0 Å². The number of hydrogen-bond donors (Lipinski definition) is 0. The van der Waals surface area contributed by atoms with Crippen LogP contribution in [-0.4, -0.2) is 0 Å². The molecule has 0 aliphatic heterocycles.